The van der Waals surface area contributed by atoms with E-state index < -0.39 is 0 Å². The Hall–Kier alpha value is -1.99. The second kappa shape index (κ2) is 17.5. The van der Waals surface area contributed by atoms with Crippen LogP contribution < -0.4 is 42.5 Å². The molecule has 5 aliphatic heterocycles. The van der Waals surface area contributed by atoms with E-state index >= 15 is 0 Å². The Morgan fingerprint density at radius 3 is 0.766 bits per heavy atom. The highest BCUT2D eigenvalue weighted by Crippen LogP contribution is 2.38. The number of nitrogens with zero attached hydrogens (tertiary/aromatic N) is 5. The average molecular weight is 902 g/mol. The van der Waals surface area contributed by atoms with Crippen LogP contribution in [-0.4, -0.2) is 101 Å². The number of nitrogens with one attached hydrogen (secondary N) is 6. The number of hydrogen-bond acceptors (Lipinski definition) is 16. The van der Waals surface area contributed by atoms with Gasteiger partial charge in [-0.1, -0.05) is 10.5 Å². The number of aromatic nitrogens is 3. The van der Waals surface area contributed by atoms with E-state index in [1.54, 1.807) is 0 Å². The van der Waals surface area contributed by atoms with Gasteiger partial charge in [0.25, 0.3) is 17.8 Å². The molecule has 0 aliphatic carbocycles. The van der Waals surface area contributed by atoms with Crippen molar-refractivity contribution in [2.24, 2.45) is 0 Å². The molecule has 1 aromatic heterocycles. The van der Waals surface area contributed by atoms with E-state index in [0.29, 0.717) is 0 Å². The lowest BCUT2D eigenvalue weighted by molar-refractivity contribution is -0.183. The lowest BCUT2D eigenvalue weighted by atomic mass is 9.81. The number of hydrogen-bond donors (Lipinski definition) is 6. The Labute approximate surface area is 387 Å². The van der Waals surface area contributed by atoms with Crippen LogP contribution in [0.1, 0.15) is 203 Å². The van der Waals surface area contributed by atoms with Gasteiger partial charge in [-0.2, -0.15) is 15.0 Å². The summed E-state index contributed by atoms with van der Waals surface area (Å²) in [6.07, 6.45) is 6.52. The molecule has 0 radical (unpaired) electrons. The van der Waals surface area contributed by atoms with Crippen molar-refractivity contribution in [1.82, 2.24) is 41.5 Å². The van der Waals surface area contributed by atoms with Crippen molar-refractivity contribution in [3.05, 3.63) is 0 Å². The summed E-state index contributed by atoms with van der Waals surface area (Å²) in [5.74, 6) is 0.524. The van der Waals surface area contributed by atoms with Gasteiger partial charge in [-0.15, -0.1) is 0 Å². The van der Waals surface area contributed by atoms with E-state index in [2.05, 4.69) is 171 Å². The van der Waals surface area contributed by atoms with Gasteiger partial charge >= 0.3 is 0 Å². The Bertz CT molecular complexity index is 1520. The second-order valence-corrected chi connectivity index (χ2v) is 27.0. The first-order chi connectivity index (χ1) is 28.9. The van der Waals surface area contributed by atoms with Gasteiger partial charge in [0.1, 0.15) is 0 Å². The van der Waals surface area contributed by atoms with Crippen LogP contribution in [0.2, 0.25) is 0 Å². The molecule has 5 aliphatic rings. The van der Waals surface area contributed by atoms with Crippen LogP contribution in [0.15, 0.2) is 0 Å². The lowest BCUT2D eigenvalue weighted by Crippen LogP contribution is -2.61. The molecule has 16 nitrogen and oxygen atoms in total. The van der Waals surface area contributed by atoms with Crippen LogP contribution in [0.4, 0.5) is 17.8 Å². The van der Waals surface area contributed by atoms with Crippen molar-refractivity contribution in [3.63, 3.8) is 0 Å². The third-order valence-electron chi connectivity index (χ3n) is 13.0. The molecule has 6 N–H and O–H groups in total. The molecule has 64 heavy (non-hydrogen) atoms. The minimum atomic E-state index is -0.219. The SMILES string of the molecule is CC1(C)CC(ONc2nc(N(OC3CC(C)(C)NC(C)(C)C3)OC3CC(C)(C)NC(C)(C)C3)nc(N(OC3CC(C)(C)NC(C)(C)C3)OC3CC(C)(C)NC(C)(C)C3)n2)CC(C)(C)N1. The van der Waals surface area contributed by atoms with Gasteiger partial charge < -0.3 is 26.6 Å². The summed E-state index contributed by atoms with van der Waals surface area (Å²) in [7, 11) is 0. The largest absolute Gasteiger partial charge is 0.307 e. The molecule has 1 aromatic rings. The molecule has 0 atom stereocenters. The van der Waals surface area contributed by atoms with Gasteiger partial charge in [0, 0.05) is 55.4 Å². The zero-order valence-electron chi connectivity index (χ0n) is 43.7. The van der Waals surface area contributed by atoms with Gasteiger partial charge in [-0.25, -0.2) is 24.8 Å². The predicted molar refractivity (Wildman–Crippen MR) is 255 cm³/mol. The van der Waals surface area contributed by atoms with Crippen molar-refractivity contribution in [1.29, 1.82) is 0 Å². The fourth-order valence-corrected chi connectivity index (χ4v) is 13.0. The first-order valence-electron chi connectivity index (χ1n) is 24.3. The summed E-state index contributed by atoms with van der Waals surface area (Å²) in [4.78, 5) is 50.0. The molecule has 368 valence electrons. The van der Waals surface area contributed by atoms with E-state index in [1.165, 1.54) is 10.5 Å². The Balaban J connectivity index is 1.45. The Morgan fingerprint density at radius 2 is 0.547 bits per heavy atom. The average Bonchev–Trinajstić information content (AvgIpc) is 2.99. The summed E-state index contributed by atoms with van der Waals surface area (Å²) in [5, 5.41) is 21.9. The summed E-state index contributed by atoms with van der Waals surface area (Å²) in [6, 6.07) is 0. The van der Waals surface area contributed by atoms with Crippen molar-refractivity contribution in [3.8, 4) is 0 Å². The maximum absolute atomic E-state index is 7.04. The van der Waals surface area contributed by atoms with Crippen molar-refractivity contribution in [2.45, 2.75) is 289 Å². The highest BCUT2D eigenvalue weighted by Gasteiger charge is 2.46. The molecule has 16 heteroatoms. The molecule has 6 heterocycles. The summed E-state index contributed by atoms with van der Waals surface area (Å²) in [6.45, 7) is 44.3. The van der Waals surface area contributed by atoms with Gasteiger partial charge in [0.2, 0.25) is 0 Å². The van der Waals surface area contributed by atoms with E-state index in [0.717, 1.165) is 64.2 Å². The normalized spacial score (nSPS) is 28.6. The number of piperidine rings is 5. The topological polar surface area (TPSA) is 163 Å². The van der Waals surface area contributed by atoms with Gasteiger partial charge in [-0.05, 0) is 203 Å². The smallest absolute Gasteiger partial charge is 0.284 e. The molecule has 6 rings (SSSR count). The van der Waals surface area contributed by atoms with E-state index in [4.69, 9.17) is 39.1 Å². The maximum Gasteiger partial charge on any atom is 0.284 e. The van der Waals surface area contributed by atoms with Crippen LogP contribution in [0.3, 0.4) is 0 Å². The predicted octanol–water partition coefficient (Wildman–Crippen LogP) is 8.10. The number of anilines is 3. The van der Waals surface area contributed by atoms with Gasteiger partial charge in [0.05, 0.1) is 30.5 Å². The summed E-state index contributed by atoms with van der Waals surface area (Å²) < 4.78 is 0. The van der Waals surface area contributed by atoms with Crippen molar-refractivity contribution in [2.75, 3.05) is 15.9 Å². The zero-order chi connectivity index (χ0) is 47.7. The van der Waals surface area contributed by atoms with Crippen LogP contribution in [-0.2, 0) is 24.2 Å². The minimum absolute atomic E-state index is 0.126. The molecule has 0 saturated carbocycles. The maximum atomic E-state index is 7.04. The van der Waals surface area contributed by atoms with Crippen LogP contribution in [0.5, 0.6) is 0 Å². The van der Waals surface area contributed by atoms with Crippen LogP contribution in [0.25, 0.3) is 0 Å². The van der Waals surface area contributed by atoms with E-state index in [9.17, 15) is 0 Å². The highest BCUT2D eigenvalue weighted by atomic mass is 17.0. The zero-order valence-corrected chi connectivity index (χ0v) is 43.7. The molecular weight excluding hydrogens is 811 g/mol. The molecule has 0 aromatic carbocycles. The molecular formula is C48H91N11O5. The van der Waals surface area contributed by atoms with Crippen LogP contribution in [0, 0.1) is 0 Å². The minimum Gasteiger partial charge on any atom is -0.307 e. The Kier molecular flexibility index (Phi) is 14.1. The molecule has 0 amide bonds. The van der Waals surface area contributed by atoms with E-state index in [1.807, 2.05) is 0 Å². The summed E-state index contributed by atoms with van der Waals surface area (Å²) in [5.41, 5.74) is 1.39. The van der Waals surface area contributed by atoms with E-state index in [-0.39, 0.29) is 104 Å². The molecule has 5 fully saturated rings. The molecule has 0 unspecified atom stereocenters. The third kappa shape index (κ3) is 14.8. The monoisotopic (exact) mass is 902 g/mol. The molecule has 0 bridgehead atoms. The standard InChI is InChI=1S/C48H91N11O5/c1-39(2)21-31(22-40(3,4)53-39)60-52-36-49-37(58(61-32-23-41(5,6)54-42(7,8)24-32)62-33-25-43(9,10)55-44(11,12)26-33)51-38(50-36)59(63-34-27-45(13,14)56-46(15,16)28-34)64-35-29-47(17,18)57-48(19,20)30-35/h31-35,53-57H,21-30H2,1-20H3,(H,49,50,51,52). The third-order valence-corrected chi connectivity index (χ3v) is 13.0. The first-order valence-corrected chi connectivity index (χ1v) is 24.3. The molecule has 5 saturated heterocycles. The fourth-order valence-electron chi connectivity index (χ4n) is 13.0. The van der Waals surface area contributed by atoms with Gasteiger partial charge in [-0.3, -0.25) is 4.84 Å². The Morgan fingerprint density at radius 1 is 0.344 bits per heavy atom. The van der Waals surface area contributed by atoms with Crippen molar-refractivity contribution >= 4 is 17.8 Å². The quantitative estimate of drug-likeness (QED) is 0.105. The highest BCUT2D eigenvalue weighted by molar-refractivity contribution is 5.40. The van der Waals surface area contributed by atoms with Gasteiger partial charge in [0.15, 0.2) is 0 Å². The fraction of sp³-hybridized carbons (Fsp3) is 0.938. The lowest BCUT2D eigenvalue weighted by Gasteiger charge is -2.48. The summed E-state index contributed by atoms with van der Waals surface area (Å²) >= 11 is 0. The number of rotatable bonds is 13. The van der Waals surface area contributed by atoms with Crippen LogP contribution >= 0.6 is 0 Å². The molecule has 0 spiro atoms. The van der Waals surface area contributed by atoms with Crippen molar-refractivity contribution < 1.29 is 24.2 Å². The second-order valence-electron chi connectivity index (χ2n) is 27.0. The first kappa shape index (κ1) is 51.4.